The normalized spacial score (nSPS) is 20.3. The lowest BCUT2D eigenvalue weighted by Gasteiger charge is -2.18. The first-order valence-corrected chi connectivity index (χ1v) is 10.6. The van der Waals surface area contributed by atoms with Crippen molar-refractivity contribution in [3.8, 4) is 33.4 Å². The summed E-state index contributed by atoms with van der Waals surface area (Å²) in [7, 11) is 0. The molecule has 0 amide bonds. The van der Waals surface area contributed by atoms with E-state index in [1.165, 1.54) is 0 Å². The maximum absolute atomic E-state index is 9.31. The highest BCUT2D eigenvalue weighted by molar-refractivity contribution is 6.21. The molecule has 0 bridgehead atoms. The van der Waals surface area contributed by atoms with Crippen LogP contribution in [-0.4, -0.2) is 0 Å². The van der Waals surface area contributed by atoms with Crippen LogP contribution >= 0.6 is 0 Å². The monoisotopic (exact) mass is 479 g/mol. The highest BCUT2D eigenvalue weighted by Crippen LogP contribution is 2.43. The van der Waals surface area contributed by atoms with Gasteiger partial charge in [-0.05, 0) is 71.7 Å². The molecule has 0 nitrogen and oxygen atoms in total. The maximum atomic E-state index is 9.31. The van der Waals surface area contributed by atoms with Gasteiger partial charge in [-0.3, -0.25) is 0 Å². The van der Waals surface area contributed by atoms with Crippen LogP contribution in [0.2, 0.25) is 0 Å². The van der Waals surface area contributed by atoms with Crippen LogP contribution in [0.4, 0.5) is 0 Å². The van der Waals surface area contributed by atoms with Crippen molar-refractivity contribution < 1.29 is 31.5 Å². The number of hydrogen-bond acceptors (Lipinski definition) is 0. The molecular formula is C36H24. The van der Waals surface area contributed by atoms with Crippen molar-refractivity contribution in [2.45, 2.75) is 0 Å². The number of fused-ring (bicyclic) bond motifs is 3. The van der Waals surface area contributed by atoms with Gasteiger partial charge in [-0.15, -0.1) is 0 Å². The lowest BCUT2D eigenvalue weighted by Crippen LogP contribution is -1.90. The Labute approximate surface area is 243 Å². The van der Waals surface area contributed by atoms with Crippen LogP contribution in [0.5, 0.6) is 0 Å². The van der Waals surface area contributed by atoms with Crippen molar-refractivity contribution in [2.24, 2.45) is 0 Å². The third-order valence-electron chi connectivity index (χ3n) is 5.57. The molecule has 7 aromatic carbocycles. The molecule has 0 spiro atoms. The van der Waals surface area contributed by atoms with Crippen molar-refractivity contribution in [3.63, 3.8) is 0 Å². The summed E-state index contributed by atoms with van der Waals surface area (Å²) < 4.78 is 201. The van der Waals surface area contributed by atoms with Gasteiger partial charge in [0.15, 0.2) is 0 Å². The SMILES string of the molecule is [2H]c1cc(-c2c3c([2H])c([2H])c([2H])c([2H])c3c(-c3c([2H])c([2H])c(-c4c([2H])c([2H])c5c([2H])c([2H])c([2H])c([2H])c5c4[2H])c([2H])c3[2H])c3c([2H])c([2H])c([2H])c([2H])c23)c([2H])c([2H])c1[2H]. The summed E-state index contributed by atoms with van der Waals surface area (Å²) in [5.41, 5.74) is -3.73. The molecule has 0 aliphatic rings. The molecule has 168 valence electrons. The molecule has 0 aliphatic carbocycles. The van der Waals surface area contributed by atoms with Crippen LogP contribution in [0.15, 0.2) is 145 Å². The van der Waals surface area contributed by atoms with Crippen LogP contribution in [0.25, 0.3) is 65.7 Å². The van der Waals surface area contributed by atoms with E-state index < -0.39 is 205 Å². The maximum Gasteiger partial charge on any atom is 0.0636 e. The lowest BCUT2D eigenvalue weighted by molar-refractivity contribution is 1.62. The van der Waals surface area contributed by atoms with Crippen molar-refractivity contribution in [2.75, 3.05) is 0 Å². The van der Waals surface area contributed by atoms with Gasteiger partial charge in [0.1, 0.15) is 0 Å². The Balaban J connectivity index is 1.77. The van der Waals surface area contributed by atoms with E-state index in [4.69, 9.17) is 26.0 Å². The van der Waals surface area contributed by atoms with Crippen molar-refractivity contribution in [1.29, 1.82) is 0 Å². The number of rotatable bonds is 3. The van der Waals surface area contributed by atoms with E-state index in [1.807, 2.05) is 0 Å². The van der Waals surface area contributed by atoms with E-state index >= 15 is 0 Å². The van der Waals surface area contributed by atoms with Gasteiger partial charge in [-0.1, -0.05) is 139 Å². The fraction of sp³-hybridized carbons (Fsp3) is 0. The van der Waals surface area contributed by atoms with Crippen LogP contribution < -0.4 is 0 Å². The largest absolute Gasteiger partial charge is 0.0636 e. The second-order valence-electron chi connectivity index (χ2n) is 7.58. The molecule has 7 rings (SSSR count). The summed E-state index contributed by atoms with van der Waals surface area (Å²) in [5.74, 6) is 0. The Kier molecular flexibility index (Phi) is 1.87. The summed E-state index contributed by atoms with van der Waals surface area (Å²) in [6, 6.07) is -18.3. The first-order chi connectivity index (χ1) is 27.4. The Morgan fingerprint density at radius 1 is 0.333 bits per heavy atom. The topological polar surface area (TPSA) is 0 Å². The molecule has 0 fully saturated rings. The molecule has 0 atom stereocenters. The zero-order valence-electron chi connectivity index (χ0n) is 41.1. The van der Waals surface area contributed by atoms with E-state index in [1.54, 1.807) is 0 Å². The molecule has 0 aromatic heterocycles. The molecule has 0 N–H and O–H groups in total. The minimum Gasteiger partial charge on any atom is -0.0622 e. The summed E-state index contributed by atoms with van der Waals surface area (Å²) in [5, 5.41) is -3.31. The molecule has 0 heterocycles. The van der Waals surface area contributed by atoms with Gasteiger partial charge < -0.3 is 0 Å². The van der Waals surface area contributed by atoms with Gasteiger partial charge in [-0.2, -0.15) is 0 Å². The Morgan fingerprint density at radius 3 is 1.50 bits per heavy atom. The van der Waals surface area contributed by atoms with Crippen molar-refractivity contribution in [3.05, 3.63) is 145 Å². The number of benzene rings is 7. The van der Waals surface area contributed by atoms with Gasteiger partial charge >= 0.3 is 0 Å². The van der Waals surface area contributed by atoms with Crippen LogP contribution in [0.1, 0.15) is 31.5 Å². The van der Waals surface area contributed by atoms with E-state index in [9.17, 15) is 5.48 Å². The van der Waals surface area contributed by atoms with Crippen LogP contribution in [0.3, 0.4) is 0 Å². The molecule has 36 heavy (non-hydrogen) atoms. The quantitative estimate of drug-likeness (QED) is 0.221. The summed E-state index contributed by atoms with van der Waals surface area (Å²) in [6.07, 6.45) is 0. The predicted octanol–water partition coefficient (Wildman–Crippen LogP) is 10.1. The average molecular weight is 480 g/mol. The van der Waals surface area contributed by atoms with Crippen molar-refractivity contribution in [1.82, 2.24) is 0 Å². The highest BCUT2D eigenvalue weighted by Gasteiger charge is 2.16. The lowest BCUT2D eigenvalue weighted by atomic mass is 9.86. The fourth-order valence-corrected chi connectivity index (χ4v) is 4.03. The molecule has 0 saturated heterocycles. The zero-order valence-corrected chi connectivity index (χ0v) is 18.1. The molecule has 0 unspecified atom stereocenters. The zero-order chi connectivity index (χ0) is 43.9. The minimum absolute atomic E-state index is 0.422. The Bertz CT molecular complexity index is 3020. The molecule has 0 radical (unpaired) electrons. The number of hydrogen-bond donors (Lipinski definition) is 0. The molecular weight excluding hydrogens is 432 g/mol. The van der Waals surface area contributed by atoms with Gasteiger partial charge in [0.2, 0.25) is 0 Å². The van der Waals surface area contributed by atoms with Gasteiger partial charge in [0, 0.05) is 0 Å². The minimum atomic E-state index is -1.00. The molecule has 0 aliphatic heterocycles. The second kappa shape index (κ2) is 8.52. The second-order valence-corrected chi connectivity index (χ2v) is 7.58. The third-order valence-corrected chi connectivity index (χ3v) is 5.57. The van der Waals surface area contributed by atoms with Crippen LogP contribution in [0, 0.1) is 0 Å². The highest BCUT2D eigenvalue weighted by atomic mass is 14.2. The van der Waals surface area contributed by atoms with E-state index in [0.29, 0.717) is 0 Å². The molecule has 0 heteroatoms. The summed E-state index contributed by atoms with van der Waals surface area (Å²) >= 11 is 0. The van der Waals surface area contributed by atoms with E-state index in [0.717, 1.165) is 6.07 Å². The standard InChI is InChI=1S/C36H24/c1-2-11-27(12-3-1)35-31-14-6-8-16-33(31)36(34-17-9-7-15-32(34)35)28-21-18-26(19-22-28)30-23-20-25-10-4-5-13-29(25)24-30/h1-24H/i1D,2D,3D,4D,5D,6D,7D,8D,9D,10D,11D,13D,14D,15D,16D,17D,18D,19D,20D,21D,22D,23D,24D. The molecule has 0 saturated carbocycles. The first kappa shape index (κ1) is 7.91. The smallest absolute Gasteiger partial charge is 0.0622 e. The summed E-state index contributed by atoms with van der Waals surface area (Å²) in [4.78, 5) is 0. The van der Waals surface area contributed by atoms with Crippen molar-refractivity contribution >= 4 is 32.3 Å². The predicted molar refractivity (Wildman–Crippen MR) is 155 cm³/mol. The summed E-state index contributed by atoms with van der Waals surface area (Å²) in [6.45, 7) is 0. The molecule has 7 aromatic rings. The first-order valence-electron chi connectivity index (χ1n) is 22.1. The Hall–Kier alpha value is -4.68. The van der Waals surface area contributed by atoms with E-state index in [-0.39, 0.29) is 0 Å². The average Bonchev–Trinajstić information content (AvgIpc) is 3.20. The fourth-order valence-electron chi connectivity index (χ4n) is 4.03. The van der Waals surface area contributed by atoms with Gasteiger partial charge in [0.05, 0.1) is 31.5 Å². The van der Waals surface area contributed by atoms with Gasteiger partial charge in [-0.25, -0.2) is 0 Å². The third kappa shape index (κ3) is 3.39. The Morgan fingerprint density at radius 2 is 0.833 bits per heavy atom. The van der Waals surface area contributed by atoms with E-state index in [2.05, 4.69) is 0 Å². The van der Waals surface area contributed by atoms with Crippen LogP contribution in [-0.2, 0) is 0 Å². The van der Waals surface area contributed by atoms with Gasteiger partial charge in [0.25, 0.3) is 0 Å².